The zero-order valence-corrected chi connectivity index (χ0v) is 34.5. The predicted molar refractivity (Wildman–Crippen MR) is 209 cm³/mol. The Balaban J connectivity index is 1.05. The molecule has 63 heavy (non-hydrogen) atoms. The van der Waals surface area contributed by atoms with E-state index in [0.717, 1.165) is 17.2 Å². The summed E-state index contributed by atoms with van der Waals surface area (Å²) in [5.41, 5.74) is 1.51. The molecule has 6 aromatic rings. The lowest BCUT2D eigenvalue weighted by Gasteiger charge is -2.27. The maximum atomic E-state index is 16.7. The highest BCUT2D eigenvalue weighted by molar-refractivity contribution is 7.48. The van der Waals surface area contributed by atoms with Crippen molar-refractivity contribution in [1.82, 2.24) is 48.7 Å². The first-order valence-corrected chi connectivity index (χ1v) is 21.9. The van der Waals surface area contributed by atoms with E-state index in [1.54, 1.807) is 47.9 Å². The van der Waals surface area contributed by atoms with Crippen molar-refractivity contribution in [3.63, 3.8) is 0 Å². The van der Waals surface area contributed by atoms with Crippen molar-refractivity contribution in [1.29, 1.82) is 5.26 Å². The Morgan fingerprint density at radius 3 is 2.41 bits per heavy atom. The van der Waals surface area contributed by atoms with Crippen LogP contribution in [0.25, 0.3) is 32.8 Å². The minimum Gasteiger partial charge on any atom is -0.394 e. The number of hydrogen-bond donors (Lipinski definition) is 3. The third-order valence-corrected chi connectivity index (χ3v) is 12.4. The third-order valence-electron chi connectivity index (χ3n) is 9.94. The number of aliphatic hydroxyl groups is 1. The number of aromatic nitrogens is 10. The highest BCUT2D eigenvalue weighted by Crippen LogP contribution is 2.56. The average Bonchev–Trinajstić information content (AvgIpc) is 4.12. The van der Waals surface area contributed by atoms with Gasteiger partial charge in [0.05, 0.1) is 45.0 Å². The quantitative estimate of drug-likeness (QED) is 0.0633. The monoisotopic (exact) mass is 911 g/mol. The first kappa shape index (κ1) is 43.9. The zero-order valence-electron chi connectivity index (χ0n) is 32.8. The van der Waals surface area contributed by atoms with Crippen LogP contribution >= 0.6 is 15.6 Å². The fraction of sp³-hybridized carbons (Fsp3) is 0.429. The molecule has 25 nitrogen and oxygen atoms in total. The van der Waals surface area contributed by atoms with Crippen molar-refractivity contribution >= 4 is 55.3 Å². The summed E-state index contributed by atoms with van der Waals surface area (Å²) < 4.78 is 88.0. The van der Waals surface area contributed by atoms with Crippen LogP contribution in [0.5, 0.6) is 0 Å². The van der Waals surface area contributed by atoms with Crippen molar-refractivity contribution in [3.8, 4) is 6.07 Å². The lowest BCUT2D eigenvalue weighted by atomic mass is 10.0. The molecule has 2 aliphatic rings. The van der Waals surface area contributed by atoms with Crippen molar-refractivity contribution in [2.24, 2.45) is 5.92 Å². The summed E-state index contributed by atoms with van der Waals surface area (Å²) in [6.45, 7) is 6.12. The van der Waals surface area contributed by atoms with Gasteiger partial charge in [0.1, 0.15) is 56.2 Å². The summed E-state index contributed by atoms with van der Waals surface area (Å²) in [4.78, 5) is 52.3. The van der Waals surface area contributed by atoms with Crippen LogP contribution in [-0.4, -0.2) is 128 Å². The number of fused-ring (bicyclic) bond motifs is 4. The third kappa shape index (κ3) is 9.06. The normalized spacial score (nSPS) is 25.5. The summed E-state index contributed by atoms with van der Waals surface area (Å²) in [5.74, 6) is -1.25. The van der Waals surface area contributed by atoms with Gasteiger partial charge in [-0.3, -0.25) is 36.5 Å². The highest BCUT2D eigenvalue weighted by Gasteiger charge is 2.53. The number of rotatable bonds is 18. The van der Waals surface area contributed by atoms with Crippen LogP contribution in [0, 0.1) is 23.8 Å². The number of hydrogen-bond acceptors (Lipinski definition) is 19. The number of phosphoric acid groups is 2. The molecule has 0 spiro atoms. The van der Waals surface area contributed by atoms with E-state index in [0.29, 0.717) is 22.4 Å². The van der Waals surface area contributed by atoms with E-state index in [4.69, 9.17) is 43.9 Å². The van der Waals surface area contributed by atoms with Gasteiger partial charge in [-0.2, -0.15) is 10.4 Å². The number of benzene rings is 1. The molecule has 2 saturated heterocycles. The zero-order chi connectivity index (χ0) is 44.3. The fourth-order valence-corrected chi connectivity index (χ4v) is 9.43. The van der Waals surface area contributed by atoms with Crippen LogP contribution in [-0.2, 0) is 41.2 Å². The first-order valence-electron chi connectivity index (χ1n) is 19.0. The van der Waals surface area contributed by atoms with Crippen LogP contribution in [0.4, 0.5) is 10.2 Å². The minimum absolute atomic E-state index is 0.0206. The molecule has 1 aromatic carbocycles. The number of ether oxygens (including phenoxy) is 2. The molecule has 2 aliphatic heterocycles. The second-order valence-electron chi connectivity index (χ2n) is 13.9. The van der Waals surface area contributed by atoms with Gasteiger partial charge in [0.15, 0.2) is 46.2 Å². The molecule has 28 heteroatoms. The average molecular weight is 912 g/mol. The Kier molecular flexibility index (Phi) is 12.9. The maximum Gasteiger partial charge on any atom is 0.475 e. The molecule has 8 rings (SSSR count). The highest BCUT2D eigenvalue weighted by atomic mass is 31.2. The number of nitrogens with one attached hydrogen (secondary N) is 1. The fourth-order valence-electron chi connectivity index (χ4n) is 7.03. The van der Waals surface area contributed by atoms with E-state index < -0.39 is 96.9 Å². The summed E-state index contributed by atoms with van der Waals surface area (Å²) >= 11 is 0. The van der Waals surface area contributed by atoms with E-state index in [-0.39, 0.29) is 29.9 Å². The molecule has 0 saturated carbocycles. The molecule has 1 amide bonds. The molecular formula is C35H36FN13O12P2. The van der Waals surface area contributed by atoms with E-state index in [1.807, 2.05) is 0 Å². The van der Waals surface area contributed by atoms with Gasteiger partial charge in [0.2, 0.25) is 6.54 Å². The van der Waals surface area contributed by atoms with Crippen molar-refractivity contribution in [2.75, 3.05) is 38.3 Å². The Bertz CT molecular complexity index is 2780. The molecule has 2 fully saturated rings. The van der Waals surface area contributed by atoms with Gasteiger partial charge in [-0.05, 0) is 12.1 Å². The number of carbonyl (C=O) groups is 1. The van der Waals surface area contributed by atoms with Crippen LogP contribution in [0.1, 0.15) is 36.2 Å². The topological polar surface area (TPSA) is 301 Å². The lowest BCUT2D eigenvalue weighted by Crippen LogP contribution is -2.35. The van der Waals surface area contributed by atoms with Crippen LogP contribution < -0.4 is 5.32 Å². The summed E-state index contributed by atoms with van der Waals surface area (Å²) in [6.07, 6.45) is -4.72. The summed E-state index contributed by atoms with van der Waals surface area (Å²) in [7, 11) is -9.93. The number of nitrogens with zero attached hydrogens (tertiary/aromatic N) is 12. The number of amides is 1. The Hall–Kier alpha value is -5.73. The van der Waals surface area contributed by atoms with Gasteiger partial charge in [0.25, 0.3) is 5.91 Å². The number of alkyl halides is 1. The largest absolute Gasteiger partial charge is 0.475 e. The number of aliphatic hydroxyl groups excluding tert-OH is 1. The molecule has 5 aromatic heterocycles. The van der Waals surface area contributed by atoms with Gasteiger partial charge in [-0.1, -0.05) is 25.1 Å². The SMILES string of the molecule is [C-]#[N+]CCOP(=O)(OC[C@H]1O[C@@H](n2cnc3c(NC(=O)c4ccccc4)ncnc32)[C@H](F)[C@@H]1OP(=O)(O)OCCC#N)O[C@H]1[C@@H](C)[C@H](n2cnc3c2ncn2ncnc32)O[C@@H]1CO. The number of imidazole rings is 2. The van der Waals surface area contributed by atoms with Crippen LogP contribution in [0.2, 0.25) is 0 Å². The molecular weight excluding hydrogens is 875 g/mol. The van der Waals surface area contributed by atoms with E-state index in [1.165, 1.54) is 23.5 Å². The predicted octanol–water partition coefficient (Wildman–Crippen LogP) is 3.19. The molecule has 3 N–H and O–H groups in total. The van der Waals surface area contributed by atoms with Crippen molar-refractivity contribution in [3.05, 3.63) is 78.9 Å². The standard InChI is InChI=1S/C35H36FN13O12P2/c1-20-27(22(13-50)58-34(20)47-18-43-26-31(47)44-19-49-32(26)41-16-45-49)61-63(54,56-12-10-38-2)57-14-23-28(60-62(52,53)55-11-6-9-37)24(36)35(59-23)48-17-42-25-29(39-15-40-30(25)48)46-33(51)21-7-4-3-5-8-21/h3-5,7-8,15-20,22-24,27-28,34-35,50H,6,10-14H2,1H3,(H,52,53)(H,39,40,46,51)/t20-,22-,23-,24-,27+,28-,34-,35-,63?/m1/s1. The number of halogens is 1. The number of phosphoric ester groups is 2. The second kappa shape index (κ2) is 18.5. The van der Waals surface area contributed by atoms with Gasteiger partial charge in [-0.25, -0.2) is 54.5 Å². The smallest absolute Gasteiger partial charge is 0.394 e. The van der Waals surface area contributed by atoms with E-state index >= 15 is 4.39 Å². The molecule has 0 radical (unpaired) electrons. The number of nitriles is 1. The Labute approximate surface area is 354 Å². The van der Waals surface area contributed by atoms with E-state index in [2.05, 4.69) is 45.2 Å². The van der Waals surface area contributed by atoms with Crippen LogP contribution in [0.3, 0.4) is 0 Å². The molecule has 2 unspecified atom stereocenters. The minimum atomic E-state index is -5.10. The van der Waals surface area contributed by atoms with Gasteiger partial charge in [0, 0.05) is 11.5 Å². The summed E-state index contributed by atoms with van der Waals surface area (Å²) in [5, 5.41) is 26.0. The maximum absolute atomic E-state index is 16.7. The van der Waals surface area contributed by atoms with Crippen LogP contribution in [0.15, 0.2) is 62.0 Å². The second-order valence-corrected chi connectivity index (χ2v) is 16.9. The molecule has 10 atom stereocenters. The van der Waals surface area contributed by atoms with Crippen molar-refractivity contribution in [2.45, 2.75) is 56.4 Å². The van der Waals surface area contributed by atoms with Gasteiger partial charge >= 0.3 is 15.6 Å². The number of carbonyl (C=O) groups excluding carboxylic acids is 1. The molecule has 7 heterocycles. The van der Waals surface area contributed by atoms with Crippen molar-refractivity contribution < 1.29 is 60.4 Å². The summed E-state index contributed by atoms with van der Waals surface area (Å²) in [6, 6.07) is 9.99. The van der Waals surface area contributed by atoms with E-state index in [9.17, 15) is 23.9 Å². The first-order chi connectivity index (χ1) is 30.4. The van der Waals surface area contributed by atoms with Gasteiger partial charge < -0.3 is 29.6 Å². The lowest BCUT2D eigenvalue weighted by molar-refractivity contribution is -0.0587. The Morgan fingerprint density at radius 2 is 1.65 bits per heavy atom. The Morgan fingerprint density at radius 1 is 0.921 bits per heavy atom. The molecule has 0 bridgehead atoms. The molecule has 0 aliphatic carbocycles. The van der Waals surface area contributed by atoms with Gasteiger partial charge in [-0.15, -0.1) is 0 Å². The molecule has 330 valence electrons. The number of anilines is 1.